The largest absolute Gasteiger partial charge is 0.507 e. The van der Waals surface area contributed by atoms with Crippen LogP contribution in [0.25, 0.3) is 6.08 Å². The highest BCUT2D eigenvalue weighted by atomic mass is 32.2. The van der Waals surface area contributed by atoms with Crippen LogP contribution in [0.5, 0.6) is 17.2 Å². The second-order valence-corrected chi connectivity index (χ2v) is 10.2. The second kappa shape index (κ2) is 12.8. The van der Waals surface area contributed by atoms with Gasteiger partial charge in [0.2, 0.25) is 0 Å². The molecular formula is C27H31NO6S2. The highest BCUT2D eigenvalue weighted by Crippen LogP contribution is 2.38. The number of aromatic hydroxyl groups is 1. The predicted molar refractivity (Wildman–Crippen MR) is 147 cm³/mol. The number of amides is 1. The van der Waals surface area contributed by atoms with Crippen LogP contribution < -0.4 is 14.4 Å². The summed E-state index contributed by atoms with van der Waals surface area (Å²) >= 11 is 6.51. The van der Waals surface area contributed by atoms with Gasteiger partial charge in [0.15, 0.2) is 15.8 Å². The molecule has 0 aliphatic carbocycles. The Morgan fingerprint density at radius 2 is 1.89 bits per heavy atom. The van der Waals surface area contributed by atoms with Crippen molar-refractivity contribution in [1.82, 2.24) is 0 Å². The zero-order chi connectivity index (χ0) is 26.2. The number of carboxylic acids is 1. The molecule has 192 valence electrons. The Labute approximate surface area is 221 Å². The number of benzene rings is 2. The molecule has 3 rings (SSSR count). The lowest BCUT2D eigenvalue weighted by Crippen LogP contribution is -2.27. The Morgan fingerprint density at radius 3 is 2.56 bits per heavy atom. The summed E-state index contributed by atoms with van der Waals surface area (Å²) < 4.78 is 11.9. The fraction of sp³-hybridized carbons (Fsp3) is 0.370. The van der Waals surface area contributed by atoms with Crippen molar-refractivity contribution >= 4 is 51.9 Å². The first kappa shape index (κ1) is 27.5. The van der Waals surface area contributed by atoms with E-state index in [-0.39, 0.29) is 21.9 Å². The third kappa shape index (κ3) is 6.79. The molecule has 0 bridgehead atoms. The molecule has 1 aliphatic rings. The predicted octanol–water partition coefficient (Wildman–Crippen LogP) is 6.63. The highest BCUT2D eigenvalue weighted by molar-refractivity contribution is 8.27. The Kier molecular flexibility index (Phi) is 9.78. The summed E-state index contributed by atoms with van der Waals surface area (Å²) in [6, 6.07) is 9.40. The van der Waals surface area contributed by atoms with Gasteiger partial charge in [-0.25, -0.2) is 4.79 Å². The number of thiocarbonyl (C=S) groups is 1. The number of rotatable bonds is 12. The monoisotopic (exact) mass is 529 g/mol. The fourth-order valence-corrected chi connectivity index (χ4v) is 5.16. The molecular weight excluding hydrogens is 498 g/mol. The summed E-state index contributed by atoms with van der Waals surface area (Å²) in [7, 11) is 1.58. The molecule has 1 heterocycles. The molecule has 1 atom stereocenters. The van der Waals surface area contributed by atoms with Gasteiger partial charge >= 0.3 is 5.97 Å². The van der Waals surface area contributed by atoms with E-state index in [1.807, 2.05) is 18.2 Å². The molecule has 36 heavy (non-hydrogen) atoms. The van der Waals surface area contributed by atoms with Gasteiger partial charge in [-0.1, -0.05) is 62.7 Å². The first-order valence-corrected chi connectivity index (χ1v) is 13.2. The summed E-state index contributed by atoms with van der Waals surface area (Å²) in [5, 5.41) is 19.1. The van der Waals surface area contributed by atoms with Crippen LogP contribution in [0.4, 0.5) is 5.69 Å². The minimum absolute atomic E-state index is 0.0616. The number of hydrogen-bond donors (Lipinski definition) is 2. The lowest BCUT2D eigenvalue weighted by molar-refractivity contribution is -0.113. The van der Waals surface area contributed by atoms with Crippen molar-refractivity contribution in [3.63, 3.8) is 0 Å². The molecule has 2 N–H and O–H groups in total. The van der Waals surface area contributed by atoms with Crippen LogP contribution in [0, 0.1) is 0 Å². The van der Waals surface area contributed by atoms with Gasteiger partial charge in [0, 0.05) is 6.07 Å². The summed E-state index contributed by atoms with van der Waals surface area (Å²) in [6.45, 7) is 4.26. The maximum atomic E-state index is 13.1. The van der Waals surface area contributed by atoms with Crippen LogP contribution in [-0.2, 0) is 4.79 Å². The number of anilines is 1. The van der Waals surface area contributed by atoms with Crippen molar-refractivity contribution in [2.75, 3.05) is 12.0 Å². The van der Waals surface area contributed by atoms with Crippen LogP contribution in [0.3, 0.4) is 0 Å². The number of ether oxygens (including phenoxy) is 2. The third-order valence-corrected chi connectivity index (χ3v) is 7.09. The standard InChI is InChI=1S/C27H31NO6S2/c1-4-5-6-7-8-9-17(2)34-22-13-10-18(14-23(22)33-3)15-24-25(30)28(27(35)36-24)19-11-12-20(26(31)32)21(29)16-19/h10-17,29H,4-9H2,1-3H3,(H,31,32)/b24-15+/t17-/m1/s1. The Bertz CT molecular complexity index is 1160. The molecule has 0 spiro atoms. The number of nitrogens with zero attached hydrogens (tertiary/aromatic N) is 1. The number of unbranched alkanes of at least 4 members (excludes halogenated alkanes) is 4. The Balaban J connectivity index is 1.72. The minimum atomic E-state index is -1.26. The molecule has 2 aromatic rings. The number of phenols is 1. The summed E-state index contributed by atoms with van der Waals surface area (Å²) in [5.74, 6) is -0.826. The minimum Gasteiger partial charge on any atom is -0.507 e. The SMILES string of the molecule is CCCCCCC[C@@H](C)Oc1ccc(/C=C2/SC(=S)N(c3ccc(C(=O)O)c(O)c3)C2=O)cc1OC. The number of aromatic carboxylic acids is 1. The first-order chi connectivity index (χ1) is 17.2. The van der Waals surface area contributed by atoms with E-state index in [2.05, 4.69) is 13.8 Å². The van der Waals surface area contributed by atoms with Crippen molar-refractivity contribution < 1.29 is 29.3 Å². The number of carbonyl (C=O) groups is 2. The number of carbonyl (C=O) groups excluding carboxylic acids is 1. The zero-order valence-electron chi connectivity index (χ0n) is 20.7. The van der Waals surface area contributed by atoms with Gasteiger partial charge in [0.1, 0.15) is 11.3 Å². The van der Waals surface area contributed by atoms with E-state index < -0.39 is 11.7 Å². The number of carboxylic acid groups (broad SMARTS) is 1. The Hall–Kier alpha value is -3.04. The van der Waals surface area contributed by atoms with Crippen LogP contribution in [0.2, 0.25) is 0 Å². The normalized spacial score (nSPS) is 15.4. The topological polar surface area (TPSA) is 96.3 Å². The van der Waals surface area contributed by atoms with Gasteiger partial charge in [0.25, 0.3) is 5.91 Å². The van der Waals surface area contributed by atoms with Crippen LogP contribution in [-0.4, -0.2) is 39.6 Å². The van der Waals surface area contributed by atoms with Crippen LogP contribution in [0.15, 0.2) is 41.3 Å². The van der Waals surface area contributed by atoms with E-state index in [1.54, 1.807) is 13.2 Å². The molecule has 1 fully saturated rings. The molecule has 0 aromatic heterocycles. The average Bonchev–Trinajstić information content (AvgIpc) is 3.11. The summed E-state index contributed by atoms with van der Waals surface area (Å²) in [5.41, 5.74) is 0.796. The second-order valence-electron chi connectivity index (χ2n) is 8.57. The smallest absolute Gasteiger partial charge is 0.339 e. The lowest BCUT2D eigenvalue weighted by Gasteiger charge is -2.17. The molecule has 0 radical (unpaired) electrons. The van der Waals surface area contributed by atoms with Gasteiger partial charge in [-0.15, -0.1) is 0 Å². The van der Waals surface area contributed by atoms with E-state index in [1.165, 1.54) is 48.8 Å². The molecule has 1 aliphatic heterocycles. The van der Waals surface area contributed by atoms with E-state index in [4.69, 9.17) is 26.8 Å². The van der Waals surface area contributed by atoms with Crippen LogP contribution >= 0.6 is 24.0 Å². The maximum absolute atomic E-state index is 13.1. The van der Waals surface area contributed by atoms with Crippen molar-refractivity contribution in [3.05, 3.63) is 52.4 Å². The number of hydrogen-bond acceptors (Lipinski definition) is 7. The number of methoxy groups -OCH3 is 1. The molecule has 0 unspecified atom stereocenters. The lowest BCUT2D eigenvalue weighted by atomic mass is 10.1. The van der Waals surface area contributed by atoms with Crippen molar-refractivity contribution in [2.24, 2.45) is 0 Å². The van der Waals surface area contributed by atoms with Crippen LogP contribution in [0.1, 0.15) is 68.3 Å². The first-order valence-electron chi connectivity index (χ1n) is 11.9. The zero-order valence-corrected chi connectivity index (χ0v) is 22.3. The summed E-state index contributed by atoms with van der Waals surface area (Å²) in [6.07, 6.45) is 8.83. The van der Waals surface area contributed by atoms with E-state index >= 15 is 0 Å². The molecule has 0 saturated carbocycles. The van der Waals surface area contributed by atoms with Gasteiger partial charge in [-0.05, 0) is 55.7 Å². The van der Waals surface area contributed by atoms with E-state index in [0.29, 0.717) is 22.1 Å². The molecule has 9 heteroatoms. The highest BCUT2D eigenvalue weighted by Gasteiger charge is 2.34. The molecule has 1 amide bonds. The molecule has 1 saturated heterocycles. The maximum Gasteiger partial charge on any atom is 0.339 e. The van der Waals surface area contributed by atoms with Gasteiger partial charge in [-0.2, -0.15) is 0 Å². The van der Waals surface area contributed by atoms with Gasteiger partial charge in [0.05, 0.1) is 23.8 Å². The van der Waals surface area contributed by atoms with Crippen molar-refractivity contribution in [1.29, 1.82) is 0 Å². The Morgan fingerprint density at radius 1 is 1.14 bits per heavy atom. The molecule has 7 nitrogen and oxygen atoms in total. The van der Waals surface area contributed by atoms with Crippen molar-refractivity contribution in [2.45, 2.75) is 58.5 Å². The van der Waals surface area contributed by atoms with Gasteiger partial charge in [-0.3, -0.25) is 9.69 Å². The molecule has 2 aromatic carbocycles. The third-order valence-electron chi connectivity index (χ3n) is 5.79. The fourth-order valence-electron chi connectivity index (χ4n) is 3.86. The van der Waals surface area contributed by atoms with E-state index in [0.717, 1.165) is 30.2 Å². The van der Waals surface area contributed by atoms with Gasteiger partial charge < -0.3 is 19.7 Å². The van der Waals surface area contributed by atoms with E-state index in [9.17, 15) is 14.7 Å². The summed E-state index contributed by atoms with van der Waals surface area (Å²) in [4.78, 5) is 25.9. The number of thioether (sulfide) groups is 1. The average molecular weight is 530 g/mol. The quantitative estimate of drug-likeness (QED) is 0.180. The van der Waals surface area contributed by atoms with Crippen molar-refractivity contribution in [3.8, 4) is 17.2 Å².